The van der Waals surface area contributed by atoms with Crippen molar-refractivity contribution in [2.75, 3.05) is 0 Å². The van der Waals surface area contributed by atoms with E-state index in [4.69, 9.17) is 0 Å². The maximum atomic E-state index is 13.4. The number of aromatic nitrogens is 2. The lowest BCUT2D eigenvalue weighted by Gasteiger charge is -1.94. The molecular formula is C19H13FN4O2S. The van der Waals surface area contributed by atoms with Crippen molar-refractivity contribution in [1.82, 2.24) is 9.97 Å². The number of nitrogens with zero attached hydrogens (tertiary/aromatic N) is 3. The van der Waals surface area contributed by atoms with Gasteiger partial charge in [-0.15, -0.1) is 21.6 Å². The fraction of sp³-hybridized carbons (Fsp3) is 0.0526. The van der Waals surface area contributed by atoms with Gasteiger partial charge in [0.05, 0.1) is 17.6 Å². The number of benzene rings is 2. The number of H-pyrrole nitrogens is 1. The highest BCUT2D eigenvalue weighted by atomic mass is 32.1. The average molecular weight is 380 g/mol. The molecular weight excluding hydrogens is 367 g/mol. The van der Waals surface area contributed by atoms with Crippen LogP contribution in [0.25, 0.3) is 22.2 Å². The molecule has 134 valence electrons. The van der Waals surface area contributed by atoms with Gasteiger partial charge in [0.1, 0.15) is 10.8 Å². The predicted octanol–water partition coefficient (Wildman–Crippen LogP) is 4.99. The van der Waals surface area contributed by atoms with Gasteiger partial charge >= 0.3 is 0 Å². The van der Waals surface area contributed by atoms with Crippen LogP contribution in [-0.4, -0.2) is 21.0 Å². The van der Waals surface area contributed by atoms with Crippen LogP contribution in [0.3, 0.4) is 0 Å². The number of azo groups is 1. The van der Waals surface area contributed by atoms with Crippen molar-refractivity contribution in [3.05, 3.63) is 64.7 Å². The molecule has 8 heteroatoms. The van der Waals surface area contributed by atoms with E-state index in [-0.39, 0.29) is 18.0 Å². The van der Waals surface area contributed by atoms with Gasteiger partial charge in [0.2, 0.25) is 5.88 Å². The maximum Gasteiger partial charge on any atom is 0.271 e. The summed E-state index contributed by atoms with van der Waals surface area (Å²) in [6.45, 7) is 0. The lowest BCUT2D eigenvalue weighted by atomic mass is 10.2. The number of aromatic hydroxyl groups is 1. The fourth-order valence-electron chi connectivity index (χ4n) is 2.64. The van der Waals surface area contributed by atoms with Gasteiger partial charge in [-0.05, 0) is 18.2 Å². The summed E-state index contributed by atoms with van der Waals surface area (Å²) >= 11 is 1.36. The monoisotopic (exact) mass is 380 g/mol. The van der Waals surface area contributed by atoms with Gasteiger partial charge in [0.15, 0.2) is 5.69 Å². The predicted molar refractivity (Wildman–Crippen MR) is 101 cm³/mol. The van der Waals surface area contributed by atoms with Crippen molar-refractivity contribution in [2.45, 2.75) is 6.42 Å². The van der Waals surface area contributed by atoms with Crippen LogP contribution in [0, 0.1) is 5.82 Å². The second-order valence-corrected chi connectivity index (χ2v) is 6.72. The molecule has 4 aromatic rings. The Morgan fingerprint density at radius 3 is 2.85 bits per heavy atom. The van der Waals surface area contributed by atoms with Gasteiger partial charge in [-0.2, -0.15) is 0 Å². The van der Waals surface area contributed by atoms with Crippen molar-refractivity contribution in [1.29, 1.82) is 0 Å². The maximum absolute atomic E-state index is 13.4. The van der Waals surface area contributed by atoms with Crippen molar-refractivity contribution in [3.63, 3.8) is 0 Å². The van der Waals surface area contributed by atoms with E-state index < -0.39 is 11.7 Å². The molecule has 0 fully saturated rings. The van der Waals surface area contributed by atoms with Gasteiger partial charge in [-0.1, -0.05) is 30.3 Å². The summed E-state index contributed by atoms with van der Waals surface area (Å²) in [5, 5.41) is 20.2. The van der Waals surface area contributed by atoms with Gasteiger partial charge in [0.25, 0.3) is 5.91 Å². The summed E-state index contributed by atoms with van der Waals surface area (Å²) in [7, 11) is 0. The lowest BCUT2D eigenvalue weighted by Crippen LogP contribution is -1.97. The molecule has 0 radical (unpaired) electrons. The molecule has 27 heavy (non-hydrogen) atoms. The van der Waals surface area contributed by atoms with Crippen molar-refractivity contribution in [3.8, 4) is 17.1 Å². The van der Waals surface area contributed by atoms with Gasteiger partial charge in [-0.25, -0.2) is 9.37 Å². The van der Waals surface area contributed by atoms with Crippen LogP contribution < -0.4 is 0 Å². The number of halogens is 1. The Kier molecular flexibility index (Phi) is 4.47. The number of carbonyl (C=O) groups is 1. The summed E-state index contributed by atoms with van der Waals surface area (Å²) in [5.74, 6) is -1.25. The Morgan fingerprint density at radius 1 is 1.22 bits per heavy atom. The van der Waals surface area contributed by atoms with Crippen molar-refractivity contribution < 1.29 is 14.3 Å². The molecule has 0 bridgehead atoms. The fourth-order valence-corrected chi connectivity index (χ4v) is 3.44. The highest BCUT2D eigenvalue weighted by molar-refractivity contribution is 7.10. The Labute approximate surface area is 157 Å². The molecule has 6 nitrogen and oxygen atoms in total. The van der Waals surface area contributed by atoms with E-state index in [0.29, 0.717) is 15.9 Å². The quantitative estimate of drug-likeness (QED) is 0.489. The number of amides is 1. The zero-order valence-electron chi connectivity index (χ0n) is 13.9. The minimum atomic E-state index is -0.505. The summed E-state index contributed by atoms with van der Waals surface area (Å²) in [4.78, 5) is 19.2. The number of hydrogen-bond donors (Lipinski definition) is 2. The SMILES string of the molecule is O=C(Cc1nc(-c2ccccc2)cs1)N=Nc1c(O)[nH]c2ccc(F)cc12. The smallest absolute Gasteiger partial charge is 0.271 e. The van der Waals surface area contributed by atoms with E-state index in [0.717, 1.165) is 11.3 Å². The topological polar surface area (TPSA) is 90.7 Å². The summed E-state index contributed by atoms with van der Waals surface area (Å²) in [6, 6.07) is 13.6. The second kappa shape index (κ2) is 7.08. The van der Waals surface area contributed by atoms with E-state index in [9.17, 15) is 14.3 Å². The minimum absolute atomic E-state index is 0.00151. The molecule has 0 atom stereocenters. The first-order valence-electron chi connectivity index (χ1n) is 8.05. The Morgan fingerprint density at radius 2 is 2.04 bits per heavy atom. The Bertz CT molecular complexity index is 1150. The van der Waals surface area contributed by atoms with Crippen LogP contribution in [0.4, 0.5) is 10.1 Å². The zero-order valence-corrected chi connectivity index (χ0v) is 14.7. The first kappa shape index (κ1) is 17.0. The molecule has 2 aromatic heterocycles. The number of aromatic amines is 1. The third kappa shape index (κ3) is 3.61. The highest BCUT2D eigenvalue weighted by Crippen LogP contribution is 2.35. The van der Waals surface area contributed by atoms with Crippen molar-refractivity contribution in [2.24, 2.45) is 10.2 Å². The molecule has 0 aliphatic heterocycles. The van der Waals surface area contributed by atoms with E-state index in [1.807, 2.05) is 35.7 Å². The number of hydrogen-bond acceptors (Lipinski definition) is 5. The first-order chi connectivity index (χ1) is 13.1. The number of nitrogens with one attached hydrogen (secondary N) is 1. The molecule has 0 saturated heterocycles. The molecule has 4 rings (SSSR count). The summed E-state index contributed by atoms with van der Waals surface area (Å²) < 4.78 is 13.4. The van der Waals surface area contributed by atoms with E-state index in [1.54, 1.807) is 0 Å². The highest BCUT2D eigenvalue weighted by Gasteiger charge is 2.13. The summed E-state index contributed by atoms with van der Waals surface area (Å²) in [6.07, 6.45) is -0.00151. The van der Waals surface area contributed by atoms with Gasteiger partial charge in [-0.3, -0.25) is 4.79 Å². The van der Waals surface area contributed by atoms with Crippen molar-refractivity contribution >= 4 is 33.8 Å². The normalized spacial score (nSPS) is 11.4. The largest absolute Gasteiger partial charge is 0.493 e. The zero-order chi connectivity index (χ0) is 18.8. The van der Waals surface area contributed by atoms with E-state index in [1.165, 1.54) is 29.5 Å². The van der Waals surface area contributed by atoms with Crippen LogP contribution in [0.1, 0.15) is 5.01 Å². The summed E-state index contributed by atoms with van der Waals surface area (Å²) in [5.41, 5.74) is 2.30. The van der Waals surface area contributed by atoms with E-state index >= 15 is 0 Å². The number of thiazole rings is 1. The molecule has 1 amide bonds. The first-order valence-corrected chi connectivity index (χ1v) is 8.93. The van der Waals surface area contributed by atoms with Gasteiger partial charge in [0, 0.05) is 16.3 Å². The van der Waals surface area contributed by atoms with Crippen LogP contribution in [0.5, 0.6) is 5.88 Å². The molecule has 0 unspecified atom stereocenters. The minimum Gasteiger partial charge on any atom is -0.493 e. The third-order valence-corrected chi connectivity index (χ3v) is 4.75. The molecule has 2 heterocycles. The third-order valence-electron chi connectivity index (χ3n) is 3.90. The molecule has 0 aliphatic rings. The molecule has 2 aromatic carbocycles. The van der Waals surface area contributed by atoms with Crippen LogP contribution in [0.2, 0.25) is 0 Å². The lowest BCUT2D eigenvalue weighted by molar-refractivity contribution is -0.117. The number of fused-ring (bicyclic) bond motifs is 1. The second-order valence-electron chi connectivity index (χ2n) is 5.78. The number of carbonyl (C=O) groups excluding carboxylic acids is 1. The molecule has 0 saturated carbocycles. The molecule has 0 spiro atoms. The van der Waals surface area contributed by atoms with E-state index in [2.05, 4.69) is 20.2 Å². The average Bonchev–Trinajstić information content (AvgIpc) is 3.24. The Balaban J connectivity index is 1.51. The van der Waals surface area contributed by atoms with Crippen LogP contribution in [-0.2, 0) is 11.2 Å². The molecule has 2 N–H and O–H groups in total. The number of rotatable bonds is 4. The van der Waals surface area contributed by atoms with Gasteiger partial charge < -0.3 is 10.1 Å². The Hall–Kier alpha value is -3.39. The van der Waals surface area contributed by atoms with Crippen LogP contribution >= 0.6 is 11.3 Å². The van der Waals surface area contributed by atoms with Crippen LogP contribution in [0.15, 0.2) is 64.1 Å². The molecule has 0 aliphatic carbocycles. The standard InChI is InChI=1S/C19H13FN4O2S/c20-12-6-7-14-13(8-12)18(19(26)22-14)24-23-16(25)9-17-21-15(10-27-17)11-4-2-1-3-5-11/h1-8,10,22,26H,9H2.